The van der Waals surface area contributed by atoms with E-state index < -0.39 is 32.2 Å². The molecule has 0 amide bonds. The summed E-state index contributed by atoms with van der Waals surface area (Å²) in [4.78, 5) is -1.01. The fraction of sp³-hybridized carbons (Fsp3) is 0.500. The highest BCUT2D eigenvalue weighted by Gasteiger charge is 2.40. The first-order chi connectivity index (χ1) is 8.74. The molecule has 7 heteroatoms. The molecule has 0 saturated heterocycles. The molecule has 0 unspecified atom stereocenters. The lowest BCUT2D eigenvalue weighted by Gasteiger charge is -2.23. The van der Waals surface area contributed by atoms with Crippen LogP contribution in [0.2, 0.25) is 0 Å². The van der Waals surface area contributed by atoms with E-state index >= 15 is 0 Å². The van der Waals surface area contributed by atoms with Crippen LogP contribution in [0.25, 0.3) is 0 Å². The van der Waals surface area contributed by atoms with Crippen LogP contribution < -0.4 is 4.72 Å². The molecular formula is C12H15F2NO3S. The summed E-state index contributed by atoms with van der Waals surface area (Å²) in [7, 11) is -4.32. The molecule has 1 aromatic rings. The molecule has 1 saturated carbocycles. The summed E-state index contributed by atoms with van der Waals surface area (Å²) in [5, 5.41) is 9.99. The SMILES string of the molecule is C[C@@](O)(CNS(=O)(=O)c1c(F)cccc1F)C1CC1. The van der Waals surface area contributed by atoms with Crippen molar-refractivity contribution in [3.63, 3.8) is 0 Å². The van der Waals surface area contributed by atoms with Gasteiger partial charge < -0.3 is 5.11 Å². The van der Waals surface area contributed by atoms with E-state index in [9.17, 15) is 22.3 Å². The zero-order valence-electron chi connectivity index (χ0n) is 10.4. The molecule has 0 heterocycles. The van der Waals surface area contributed by atoms with Crippen molar-refractivity contribution in [2.45, 2.75) is 30.3 Å². The molecule has 1 fully saturated rings. The summed E-state index contributed by atoms with van der Waals surface area (Å²) in [5.74, 6) is -2.28. The smallest absolute Gasteiger partial charge is 0.246 e. The number of nitrogens with one attached hydrogen (secondary N) is 1. The van der Waals surface area contributed by atoms with E-state index in [1.807, 2.05) is 0 Å². The highest BCUT2D eigenvalue weighted by Crippen LogP contribution is 2.39. The molecule has 1 aliphatic carbocycles. The van der Waals surface area contributed by atoms with E-state index in [0.717, 1.165) is 31.0 Å². The van der Waals surface area contributed by atoms with Gasteiger partial charge in [0.1, 0.15) is 11.6 Å². The second-order valence-electron chi connectivity index (χ2n) is 5.01. The fourth-order valence-electron chi connectivity index (χ4n) is 1.90. The molecule has 106 valence electrons. The number of benzene rings is 1. The second-order valence-corrected chi connectivity index (χ2v) is 6.71. The van der Waals surface area contributed by atoms with E-state index in [2.05, 4.69) is 4.72 Å². The maximum absolute atomic E-state index is 13.4. The van der Waals surface area contributed by atoms with Gasteiger partial charge in [-0.2, -0.15) is 0 Å². The Hall–Kier alpha value is -1.05. The van der Waals surface area contributed by atoms with Gasteiger partial charge in [0.2, 0.25) is 10.0 Å². The lowest BCUT2D eigenvalue weighted by atomic mass is 10.0. The standard InChI is InChI=1S/C12H15F2NO3S/c1-12(16,8-5-6-8)7-15-19(17,18)11-9(13)3-2-4-10(11)14/h2-4,8,15-16H,5-7H2,1H3/t12-/m1/s1. The van der Waals surface area contributed by atoms with Crippen molar-refractivity contribution in [2.75, 3.05) is 6.54 Å². The largest absolute Gasteiger partial charge is 0.389 e. The lowest BCUT2D eigenvalue weighted by Crippen LogP contribution is -2.42. The van der Waals surface area contributed by atoms with E-state index in [-0.39, 0.29) is 12.5 Å². The summed E-state index contributed by atoms with van der Waals surface area (Å²) in [6.07, 6.45) is 1.64. The molecule has 0 aromatic heterocycles. The van der Waals surface area contributed by atoms with Crippen molar-refractivity contribution < 1.29 is 22.3 Å². The van der Waals surface area contributed by atoms with Crippen molar-refractivity contribution in [2.24, 2.45) is 5.92 Å². The Labute approximate surface area is 110 Å². The monoisotopic (exact) mass is 291 g/mol. The van der Waals surface area contributed by atoms with Gasteiger partial charge >= 0.3 is 0 Å². The predicted molar refractivity (Wildman–Crippen MR) is 64.9 cm³/mol. The Balaban J connectivity index is 2.19. The number of aliphatic hydroxyl groups is 1. The molecule has 1 atom stereocenters. The van der Waals surface area contributed by atoms with Crippen LogP contribution in [-0.4, -0.2) is 25.7 Å². The van der Waals surface area contributed by atoms with E-state index in [4.69, 9.17) is 0 Å². The van der Waals surface area contributed by atoms with Crippen molar-refractivity contribution in [1.29, 1.82) is 0 Å². The van der Waals surface area contributed by atoms with Gasteiger partial charge in [0.05, 0.1) is 5.60 Å². The normalized spacial score (nSPS) is 19.2. The third-order valence-corrected chi connectivity index (χ3v) is 4.72. The first-order valence-electron chi connectivity index (χ1n) is 5.90. The Morgan fingerprint density at radius 1 is 1.37 bits per heavy atom. The van der Waals surface area contributed by atoms with Gasteiger partial charge in [-0.3, -0.25) is 0 Å². The van der Waals surface area contributed by atoms with Crippen LogP contribution in [0.3, 0.4) is 0 Å². The molecule has 1 aromatic carbocycles. The molecule has 1 aliphatic rings. The van der Waals surface area contributed by atoms with Crippen molar-refractivity contribution in [1.82, 2.24) is 4.72 Å². The summed E-state index contributed by atoms with van der Waals surface area (Å²) in [6.45, 7) is 1.23. The highest BCUT2D eigenvalue weighted by atomic mass is 32.2. The Bertz CT molecular complexity index is 562. The summed E-state index contributed by atoms with van der Waals surface area (Å²) >= 11 is 0. The van der Waals surface area contributed by atoms with Crippen molar-refractivity contribution in [3.05, 3.63) is 29.8 Å². The van der Waals surface area contributed by atoms with Gasteiger partial charge in [-0.05, 0) is 37.8 Å². The second kappa shape index (κ2) is 4.81. The van der Waals surface area contributed by atoms with Gasteiger partial charge in [0.25, 0.3) is 0 Å². The van der Waals surface area contributed by atoms with Crippen LogP contribution in [0, 0.1) is 17.6 Å². The van der Waals surface area contributed by atoms with Gasteiger partial charge in [-0.25, -0.2) is 21.9 Å². The van der Waals surface area contributed by atoms with Crippen LogP contribution in [0.15, 0.2) is 23.1 Å². The molecule has 0 spiro atoms. The number of hydrogen-bond donors (Lipinski definition) is 2. The Morgan fingerprint density at radius 3 is 2.37 bits per heavy atom. The minimum Gasteiger partial charge on any atom is -0.389 e. The van der Waals surface area contributed by atoms with Crippen molar-refractivity contribution >= 4 is 10.0 Å². The van der Waals surface area contributed by atoms with Gasteiger partial charge in [0, 0.05) is 6.54 Å². The number of sulfonamides is 1. The minimum atomic E-state index is -4.32. The van der Waals surface area contributed by atoms with Crippen LogP contribution in [0.4, 0.5) is 8.78 Å². The molecule has 2 N–H and O–H groups in total. The summed E-state index contributed by atoms with van der Waals surface area (Å²) in [6, 6.07) is 2.83. The zero-order chi connectivity index (χ0) is 14.3. The molecule has 4 nitrogen and oxygen atoms in total. The van der Waals surface area contributed by atoms with Crippen LogP contribution in [0.5, 0.6) is 0 Å². The van der Waals surface area contributed by atoms with Gasteiger partial charge in [0.15, 0.2) is 4.90 Å². The third-order valence-electron chi connectivity index (χ3n) is 3.26. The predicted octanol–water partition coefficient (Wildman–Crippen LogP) is 1.40. The maximum atomic E-state index is 13.4. The molecule has 19 heavy (non-hydrogen) atoms. The summed E-state index contributed by atoms with van der Waals surface area (Å²) in [5.41, 5.74) is -1.20. The maximum Gasteiger partial charge on any atom is 0.246 e. The first kappa shape index (κ1) is 14.4. The Morgan fingerprint density at radius 2 is 1.89 bits per heavy atom. The van der Waals surface area contributed by atoms with Crippen LogP contribution in [-0.2, 0) is 10.0 Å². The quantitative estimate of drug-likeness (QED) is 0.862. The number of halogens is 2. The van der Waals surface area contributed by atoms with E-state index in [0.29, 0.717) is 0 Å². The molecule has 0 radical (unpaired) electrons. The molecule has 2 rings (SSSR count). The average molecular weight is 291 g/mol. The molecule has 0 aliphatic heterocycles. The topological polar surface area (TPSA) is 66.4 Å². The minimum absolute atomic E-state index is 0.0284. The first-order valence-corrected chi connectivity index (χ1v) is 7.38. The third kappa shape index (κ3) is 3.10. The van der Waals surface area contributed by atoms with E-state index in [1.165, 1.54) is 6.92 Å². The highest BCUT2D eigenvalue weighted by molar-refractivity contribution is 7.89. The van der Waals surface area contributed by atoms with E-state index in [1.54, 1.807) is 0 Å². The van der Waals surface area contributed by atoms with Crippen molar-refractivity contribution in [3.8, 4) is 0 Å². The van der Waals surface area contributed by atoms with Crippen LogP contribution >= 0.6 is 0 Å². The average Bonchev–Trinajstić information content (AvgIpc) is 3.10. The molecular weight excluding hydrogens is 276 g/mol. The zero-order valence-corrected chi connectivity index (χ0v) is 11.2. The van der Waals surface area contributed by atoms with Gasteiger partial charge in [-0.1, -0.05) is 6.07 Å². The molecule has 0 bridgehead atoms. The number of rotatable bonds is 5. The fourth-order valence-corrected chi connectivity index (χ4v) is 3.18. The summed E-state index contributed by atoms with van der Waals surface area (Å²) < 4.78 is 52.6. The van der Waals surface area contributed by atoms with Crippen LogP contribution in [0.1, 0.15) is 19.8 Å². The number of hydrogen-bond acceptors (Lipinski definition) is 3. The lowest BCUT2D eigenvalue weighted by molar-refractivity contribution is 0.0422. The Kier molecular flexibility index (Phi) is 3.63. The van der Waals surface area contributed by atoms with Gasteiger partial charge in [-0.15, -0.1) is 0 Å².